The van der Waals surface area contributed by atoms with Crippen LogP contribution in [0.3, 0.4) is 0 Å². The molecular weight excluding hydrogens is 252 g/mol. The number of rotatable bonds is 1. The second-order valence-electron chi connectivity index (χ2n) is 5.69. The van der Waals surface area contributed by atoms with Crippen molar-refractivity contribution in [2.45, 2.75) is 25.9 Å². The van der Waals surface area contributed by atoms with Crippen LogP contribution in [-0.4, -0.2) is 58.1 Å². The molecule has 0 spiro atoms. The highest BCUT2D eigenvalue weighted by Crippen LogP contribution is 2.20. The summed E-state index contributed by atoms with van der Waals surface area (Å²) in [4.78, 5) is 16.9. The number of carbonyl (C=O) groups is 1. The summed E-state index contributed by atoms with van der Waals surface area (Å²) in [5.74, 6) is 0.0225. The first kappa shape index (κ1) is 13.1. The molecule has 20 heavy (non-hydrogen) atoms. The van der Waals surface area contributed by atoms with Gasteiger partial charge in [-0.05, 0) is 27.0 Å². The van der Waals surface area contributed by atoms with Gasteiger partial charge >= 0.3 is 0 Å². The fourth-order valence-electron chi connectivity index (χ4n) is 2.85. The SMILES string of the molecule is CC1CN(C(=O)c2n[nH]c3ccccc23)CC(C)N1C. The largest absolute Gasteiger partial charge is 0.334 e. The summed E-state index contributed by atoms with van der Waals surface area (Å²) in [5.41, 5.74) is 1.44. The Morgan fingerprint density at radius 3 is 2.60 bits per heavy atom. The maximum absolute atomic E-state index is 12.7. The van der Waals surface area contributed by atoms with E-state index < -0.39 is 0 Å². The number of aromatic amines is 1. The summed E-state index contributed by atoms with van der Waals surface area (Å²) in [7, 11) is 2.11. The molecule has 0 radical (unpaired) electrons. The van der Waals surface area contributed by atoms with Crippen LogP contribution in [-0.2, 0) is 0 Å². The standard InChI is InChI=1S/C15H20N4O/c1-10-8-19(9-11(2)18(10)3)15(20)14-12-6-4-5-7-13(12)16-17-14/h4-7,10-11H,8-9H2,1-3H3,(H,16,17). The average Bonchev–Trinajstić information content (AvgIpc) is 2.87. The first-order valence-electron chi connectivity index (χ1n) is 7.02. The lowest BCUT2D eigenvalue weighted by molar-refractivity contribution is 0.0411. The number of benzene rings is 1. The Labute approximate surface area is 118 Å². The predicted octanol–water partition coefficient (Wildman–Crippen LogP) is 1.73. The van der Waals surface area contributed by atoms with Crippen LogP contribution < -0.4 is 0 Å². The number of aromatic nitrogens is 2. The van der Waals surface area contributed by atoms with Crippen LogP contribution in [0.5, 0.6) is 0 Å². The lowest BCUT2D eigenvalue weighted by Gasteiger charge is -2.42. The Bertz CT molecular complexity index is 624. The van der Waals surface area contributed by atoms with Crippen molar-refractivity contribution in [3.05, 3.63) is 30.0 Å². The summed E-state index contributed by atoms with van der Waals surface area (Å²) < 4.78 is 0. The van der Waals surface area contributed by atoms with Gasteiger partial charge in [-0.15, -0.1) is 0 Å². The van der Waals surface area contributed by atoms with Gasteiger partial charge in [0.25, 0.3) is 5.91 Å². The molecule has 1 aliphatic rings. The van der Waals surface area contributed by atoms with Crippen LogP contribution in [0.1, 0.15) is 24.3 Å². The number of likely N-dealkylation sites (N-methyl/N-ethyl adjacent to an activating group) is 1. The Kier molecular flexibility index (Phi) is 3.22. The smallest absolute Gasteiger partial charge is 0.275 e. The Morgan fingerprint density at radius 1 is 1.25 bits per heavy atom. The zero-order valence-electron chi connectivity index (χ0n) is 12.1. The second-order valence-corrected chi connectivity index (χ2v) is 5.69. The molecule has 0 saturated carbocycles. The van der Waals surface area contributed by atoms with Gasteiger partial charge < -0.3 is 4.90 Å². The van der Waals surface area contributed by atoms with Gasteiger partial charge in [-0.1, -0.05) is 18.2 Å². The predicted molar refractivity (Wildman–Crippen MR) is 78.7 cm³/mol. The molecule has 106 valence electrons. The average molecular weight is 272 g/mol. The molecule has 3 rings (SSSR count). The van der Waals surface area contributed by atoms with Gasteiger partial charge in [0, 0.05) is 30.6 Å². The third-order valence-corrected chi connectivity index (χ3v) is 4.32. The fourth-order valence-corrected chi connectivity index (χ4v) is 2.85. The van der Waals surface area contributed by atoms with Gasteiger partial charge in [0.15, 0.2) is 5.69 Å². The molecule has 5 nitrogen and oxygen atoms in total. The van der Waals surface area contributed by atoms with Gasteiger partial charge in [0.05, 0.1) is 5.52 Å². The zero-order chi connectivity index (χ0) is 14.3. The first-order chi connectivity index (χ1) is 9.58. The van der Waals surface area contributed by atoms with E-state index in [0.717, 1.165) is 24.0 Å². The van der Waals surface area contributed by atoms with E-state index in [1.165, 1.54) is 0 Å². The van der Waals surface area contributed by atoms with Crippen molar-refractivity contribution >= 4 is 16.8 Å². The number of para-hydroxylation sites is 1. The van der Waals surface area contributed by atoms with E-state index in [2.05, 4.69) is 36.0 Å². The molecule has 1 fully saturated rings. The zero-order valence-corrected chi connectivity index (χ0v) is 12.1. The number of nitrogens with one attached hydrogen (secondary N) is 1. The summed E-state index contributed by atoms with van der Waals surface area (Å²) in [6.45, 7) is 5.80. The van der Waals surface area contributed by atoms with Crippen molar-refractivity contribution in [1.82, 2.24) is 20.0 Å². The molecule has 2 aromatic rings. The minimum absolute atomic E-state index is 0.0225. The van der Waals surface area contributed by atoms with Crippen LogP contribution >= 0.6 is 0 Å². The molecule has 5 heteroatoms. The van der Waals surface area contributed by atoms with Crippen molar-refractivity contribution in [1.29, 1.82) is 0 Å². The van der Waals surface area contributed by atoms with Crippen molar-refractivity contribution in [3.8, 4) is 0 Å². The Balaban J connectivity index is 1.89. The molecule has 0 bridgehead atoms. The highest BCUT2D eigenvalue weighted by atomic mass is 16.2. The van der Waals surface area contributed by atoms with Crippen LogP contribution in [0.25, 0.3) is 10.9 Å². The maximum atomic E-state index is 12.7. The first-order valence-corrected chi connectivity index (χ1v) is 7.02. The molecule has 1 amide bonds. The van der Waals surface area contributed by atoms with Crippen molar-refractivity contribution in [2.75, 3.05) is 20.1 Å². The van der Waals surface area contributed by atoms with E-state index in [-0.39, 0.29) is 5.91 Å². The third-order valence-electron chi connectivity index (χ3n) is 4.32. The summed E-state index contributed by atoms with van der Waals surface area (Å²) in [6, 6.07) is 8.49. The van der Waals surface area contributed by atoms with Crippen LogP contribution in [0.4, 0.5) is 0 Å². The highest BCUT2D eigenvalue weighted by molar-refractivity contribution is 6.04. The lowest BCUT2D eigenvalue weighted by Crippen LogP contribution is -2.56. The molecule has 2 heterocycles. The number of H-pyrrole nitrogens is 1. The number of hydrogen-bond acceptors (Lipinski definition) is 3. The number of fused-ring (bicyclic) bond motifs is 1. The van der Waals surface area contributed by atoms with E-state index in [1.54, 1.807) is 0 Å². The van der Waals surface area contributed by atoms with Gasteiger partial charge in [0.1, 0.15) is 0 Å². The van der Waals surface area contributed by atoms with Gasteiger partial charge in [-0.2, -0.15) is 5.10 Å². The van der Waals surface area contributed by atoms with Crippen LogP contribution in [0, 0.1) is 0 Å². The normalized spacial score (nSPS) is 24.2. The van der Waals surface area contributed by atoms with Crippen LogP contribution in [0.2, 0.25) is 0 Å². The Hall–Kier alpha value is -1.88. The summed E-state index contributed by atoms with van der Waals surface area (Å²) >= 11 is 0. The highest BCUT2D eigenvalue weighted by Gasteiger charge is 2.31. The van der Waals surface area contributed by atoms with E-state index in [4.69, 9.17) is 0 Å². The van der Waals surface area contributed by atoms with Crippen molar-refractivity contribution < 1.29 is 4.79 Å². The van der Waals surface area contributed by atoms with Crippen molar-refractivity contribution in [2.24, 2.45) is 0 Å². The van der Waals surface area contributed by atoms with Gasteiger partial charge in [-0.3, -0.25) is 14.8 Å². The molecule has 1 saturated heterocycles. The van der Waals surface area contributed by atoms with E-state index in [1.807, 2.05) is 29.2 Å². The number of carbonyl (C=O) groups excluding carboxylic acids is 1. The number of nitrogens with zero attached hydrogens (tertiary/aromatic N) is 3. The minimum Gasteiger partial charge on any atom is -0.334 e. The molecule has 2 atom stereocenters. The van der Waals surface area contributed by atoms with Gasteiger partial charge in [-0.25, -0.2) is 0 Å². The van der Waals surface area contributed by atoms with Gasteiger partial charge in [0.2, 0.25) is 0 Å². The second kappa shape index (κ2) is 4.90. The number of piperazine rings is 1. The third kappa shape index (κ3) is 2.08. The molecular formula is C15H20N4O. The van der Waals surface area contributed by atoms with E-state index in [9.17, 15) is 4.79 Å². The van der Waals surface area contributed by atoms with E-state index in [0.29, 0.717) is 17.8 Å². The summed E-state index contributed by atoms with van der Waals surface area (Å²) in [5, 5.41) is 8.04. The molecule has 1 aromatic carbocycles. The summed E-state index contributed by atoms with van der Waals surface area (Å²) in [6.07, 6.45) is 0. The molecule has 0 aliphatic carbocycles. The van der Waals surface area contributed by atoms with Crippen molar-refractivity contribution in [3.63, 3.8) is 0 Å². The molecule has 1 aromatic heterocycles. The van der Waals surface area contributed by atoms with Crippen LogP contribution in [0.15, 0.2) is 24.3 Å². The molecule has 1 N–H and O–H groups in total. The number of hydrogen-bond donors (Lipinski definition) is 1. The quantitative estimate of drug-likeness (QED) is 0.860. The minimum atomic E-state index is 0.0225. The number of amides is 1. The lowest BCUT2D eigenvalue weighted by atomic mass is 10.1. The molecule has 1 aliphatic heterocycles. The molecule has 2 unspecified atom stereocenters. The van der Waals surface area contributed by atoms with E-state index >= 15 is 0 Å². The topological polar surface area (TPSA) is 52.2 Å². The fraction of sp³-hybridized carbons (Fsp3) is 0.467. The monoisotopic (exact) mass is 272 g/mol. The maximum Gasteiger partial charge on any atom is 0.275 e. The Morgan fingerprint density at radius 2 is 1.90 bits per heavy atom.